The molecule has 0 saturated carbocycles. The van der Waals surface area contributed by atoms with E-state index in [2.05, 4.69) is 52.8 Å². The van der Waals surface area contributed by atoms with Crippen LogP contribution in [0.1, 0.15) is 80.9 Å². The van der Waals surface area contributed by atoms with Crippen LogP contribution in [0, 0.1) is 0 Å². The molecule has 7 atom stereocenters. The number of aliphatic carboxylic acids is 3. The SMILES string of the molecule is CCC(=O)NCCNC(=O)/N=C(/N)NCCC[C@H](CNCc1ccc(O)cc1)NC(=O)C(c1ccccc1)c1cccc(OCCCCNC(=O)CCNC(=O)[C@H](CCC(=O)NC[C@H](O)[C@@H](O)[C@H](O)[C@H](O)CO)NC(=O)CN2CCN(CC(=O)O)CCN(CC(=O)O)CCN(CC(=O)O)CC2)c1. The third-order valence-corrected chi connectivity index (χ3v) is 16.2. The molecule has 1 unspecified atom stereocenters. The second-order valence-electron chi connectivity index (χ2n) is 24.4. The molecule has 1 fully saturated rings. The average Bonchev–Trinajstić information content (AvgIpc) is 0.818. The predicted octanol–water partition coefficient (Wildman–Crippen LogP) is -4.21. The number of aliphatic hydroxyl groups is 5. The molecule has 0 aromatic heterocycles. The quantitative estimate of drug-likeness (QED) is 0.0145. The molecule has 3 aromatic rings. The summed E-state index contributed by atoms with van der Waals surface area (Å²) in [4.78, 5) is 138. The maximum atomic E-state index is 14.6. The fourth-order valence-corrected chi connectivity index (χ4v) is 10.6. The minimum atomic E-state index is -1.98. The summed E-state index contributed by atoms with van der Waals surface area (Å²) in [6.45, 7) is 1.25. The van der Waals surface area contributed by atoms with Crippen molar-refractivity contribution in [3.05, 3.63) is 95.6 Å². The van der Waals surface area contributed by atoms with E-state index in [0.717, 1.165) is 11.1 Å². The molecular weight excluding hydrogens is 1330 g/mol. The summed E-state index contributed by atoms with van der Waals surface area (Å²) in [7, 11) is 0. The Labute approximate surface area is 592 Å². The van der Waals surface area contributed by atoms with Gasteiger partial charge < -0.3 is 104 Å². The van der Waals surface area contributed by atoms with Crippen LogP contribution < -0.4 is 58.3 Å². The van der Waals surface area contributed by atoms with Crippen molar-refractivity contribution >= 4 is 65.3 Å². The van der Waals surface area contributed by atoms with Crippen molar-refractivity contribution in [1.82, 2.24) is 67.5 Å². The molecule has 20 N–H and O–H groups in total. The van der Waals surface area contributed by atoms with Crippen molar-refractivity contribution in [2.24, 2.45) is 10.7 Å². The maximum absolute atomic E-state index is 14.6. The van der Waals surface area contributed by atoms with Gasteiger partial charge in [0.05, 0.1) is 51.4 Å². The van der Waals surface area contributed by atoms with Crippen LogP contribution in [0.2, 0.25) is 0 Å². The fraction of sp³-hybridized carbons (Fsp3) is 0.567. The molecule has 1 aliphatic rings. The molecule has 0 spiro atoms. The highest BCUT2D eigenvalue weighted by Crippen LogP contribution is 2.28. The van der Waals surface area contributed by atoms with Crippen LogP contribution >= 0.6 is 0 Å². The zero-order valence-electron chi connectivity index (χ0n) is 57.6. The Balaban J connectivity index is 1.35. The molecule has 35 heteroatoms. The number of nitrogens with zero attached hydrogens (tertiary/aromatic N) is 5. The summed E-state index contributed by atoms with van der Waals surface area (Å²) in [5, 5.41) is 113. The average molecular weight is 1440 g/mol. The number of aliphatic imine (C=N–C) groups is 1. The second kappa shape index (κ2) is 47.8. The Kier molecular flexibility index (Phi) is 40.0. The van der Waals surface area contributed by atoms with Crippen LogP contribution in [0.5, 0.6) is 11.5 Å². The Bertz CT molecular complexity index is 3090. The molecule has 35 nitrogen and oxygen atoms in total. The van der Waals surface area contributed by atoms with Gasteiger partial charge in [0, 0.05) is 130 Å². The molecule has 0 aliphatic carbocycles. The highest BCUT2D eigenvalue weighted by atomic mass is 16.5. The third-order valence-electron chi connectivity index (χ3n) is 16.2. The first-order chi connectivity index (χ1) is 48.8. The number of aromatic hydroxyl groups is 1. The van der Waals surface area contributed by atoms with Gasteiger partial charge in [-0.2, -0.15) is 4.99 Å². The number of carbonyl (C=O) groups excluding carboxylic acids is 7. The number of carboxylic acid groups (broad SMARTS) is 3. The number of hydrogen-bond donors (Lipinski definition) is 19. The summed E-state index contributed by atoms with van der Waals surface area (Å²) in [5.74, 6) is -6.81. The van der Waals surface area contributed by atoms with E-state index in [0.29, 0.717) is 63.1 Å². The molecule has 1 heterocycles. The van der Waals surface area contributed by atoms with Crippen molar-refractivity contribution in [2.45, 2.75) is 107 Å². The first-order valence-corrected chi connectivity index (χ1v) is 34.0. The van der Waals surface area contributed by atoms with Gasteiger partial charge >= 0.3 is 23.9 Å². The highest BCUT2D eigenvalue weighted by molar-refractivity contribution is 5.92. The largest absolute Gasteiger partial charge is 0.508 e. The van der Waals surface area contributed by atoms with E-state index in [9.17, 15) is 88.8 Å². The van der Waals surface area contributed by atoms with Gasteiger partial charge in [-0.25, -0.2) is 4.79 Å². The van der Waals surface area contributed by atoms with Crippen LogP contribution in [-0.2, 0) is 49.7 Å². The van der Waals surface area contributed by atoms with Crippen molar-refractivity contribution < 1.29 is 98.6 Å². The number of amides is 8. The van der Waals surface area contributed by atoms with Gasteiger partial charge in [-0.05, 0) is 73.1 Å². The normalized spacial score (nSPS) is 15.8. The zero-order valence-corrected chi connectivity index (χ0v) is 57.6. The number of carbonyl (C=O) groups is 10. The number of carboxylic acids is 3. The zero-order chi connectivity index (χ0) is 74.8. The molecule has 102 heavy (non-hydrogen) atoms. The first kappa shape index (κ1) is 85.2. The molecular formula is C67H103N15O20. The number of benzene rings is 3. The first-order valence-electron chi connectivity index (χ1n) is 34.0. The Hall–Kier alpha value is -9.17. The Morgan fingerprint density at radius 1 is 0.539 bits per heavy atom. The van der Waals surface area contributed by atoms with Gasteiger partial charge in [0.1, 0.15) is 35.9 Å². The van der Waals surface area contributed by atoms with E-state index in [1.807, 2.05) is 36.4 Å². The minimum absolute atomic E-state index is 0.0760. The van der Waals surface area contributed by atoms with Gasteiger partial charge in [-0.3, -0.25) is 62.8 Å². The van der Waals surface area contributed by atoms with E-state index in [4.69, 9.17) is 15.6 Å². The third kappa shape index (κ3) is 35.4. The topological polar surface area (TPSA) is 522 Å². The molecule has 0 radical (unpaired) electrons. The molecule has 4 rings (SSSR count). The second-order valence-corrected chi connectivity index (χ2v) is 24.4. The van der Waals surface area contributed by atoms with Gasteiger partial charge in [0.2, 0.25) is 35.4 Å². The number of phenols is 1. The van der Waals surface area contributed by atoms with E-state index < -0.39 is 123 Å². The summed E-state index contributed by atoms with van der Waals surface area (Å²) < 4.78 is 6.15. The van der Waals surface area contributed by atoms with Gasteiger partial charge in [0.15, 0.2) is 5.96 Å². The molecule has 8 amide bonds. The fourth-order valence-electron chi connectivity index (χ4n) is 10.6. The van der Waals surface area contributed by atoms with E-state index in [1.165, 1.54) is 0 Å². The number of hydrogen-bond acceptors (Lipinski definition) is 22. The molecule has 3 aromatic carbocycles. The van der Waals surface area contributed by atoms with Crippen molar-refractivity contribution in [1.29, 1.82) is 0 Å². The number of nitrogens with one attached hydrogen (secondary N) is 9. The smallest absolute Gasteiger partial charge is 0.344 e. The number of guanidine groups is 1. The van der Waals surface area contributed by atoms with Crippen LogP contribution in [0.15, 0.2) is 83.9 Å². The standard InChI is InChI=1S/C67H103N15O20/c1-2-54(87)71-25-26-74-67(101)78-66(68)73-23-9-13-48(38-69-37-45-15-17-49(84)18-16-45)76-65(100)61(46-10-4-3-5-11-46)47-12-8-14-50(36-47)102-35-7-6-22-70-56(89)21-24-72-64(99)51(19-20-55(88)75-39-52(85)62(97)63(98)53(86)44-83)77-57(90)40-79-27-29-80(41-58(91)92)31-33-82(43-60(95)96)34-32-81(30-28-79)42-59(93)94/h3-5,8,10-12,14-18,36,48,51-53,61-63,69,83-86,97-98H,2,6-7,9,13,19-35,37-44H2,1H3,(H,70,89)(H,71,87)(H,72,99)(H,75,88)(H,76,100)(H,77,90)(H,91,92)(H,93,94)(H,95,96)(H4,68,73,74,78,101)/t48-,51+,52+,53-,61?,62-,63-/m1/s1. The van der Waals surface area contributed by atoms with Crippen molar-refractivity contribution in [2.75, 3.05) is 138 Å². The lowest BCUT2D eigenvalue weighted by Crippen LogP contribution is -2.52. The number of phenolic OH excluding ortho intramolecular Hbond substituents is 1. The van der Waals surface area contributed by atoms with E-state index in [1.54, 1.807) is 69.0 Å². The molecule has 0 bridgehead atoms. The minimum Gasteiger partial charge on any atom is -0.508 e. The van der Waals surface area contributed by atoms with E-state index >= 15 is 0 Å². The van der Waals surface area contributed by atoms with Crippen LogP contribution in [0.25, 0.3) is 0 Å². The number of ether oxygens (including phenoxy) is 1. The molecule has 1 aliphatic heterocycles. The number of aliphatic hydroxyl groups excluding tert-OH is 5. The lowest BCUT2D eigenvalue weighted by Gasteiger charge is -2.33. The maximum Gasteiger partial charge on any atom is 0.344 e. The number of rotatable bonds is 44. The van der Waals surface area contributed by atoms with Gasteiger partial charge in [-0.1, -0.05) is 61.5 Å². The summed E-state index contributed by atoms with van der Waals surface area (Å²) >= 11 is 0. The molecule has 1 saturated heterocycles. The molecule has 566 valence electrons. The summed E-state index contributed by atoms with van der Waals surface area (Å²) in [6, 6.07) is 20.7. The monoisotopic (exact) mass is 1440 g/mol. The van der Waals surface area contributed by atoms with Crippen LogP contribution in [-0.4, -0.2) is 305 Å². The van der Waals surface area contributed by atoms with Gasteiger partial charge in [0.25, 0.3) is 0 Å². The Morgan fingerprint density at radius 3 is 1.70 bits per heavy atom. The van der Waals surface area contributed by atoms with E-state index in [-0.39, 0.29) is 135 Å². The lowest BCUT2D eigenvalue weighted by molar-refractivity contribution is -0.140. The van der Waals surface area contributed by atoms with Crippen molar-refractivity contribution in [3.63, 3.8) is 0 Å². The van der Waals surface area contributed by atoms with Gasteiger partial charge in [-0.15, -0.1) is 0 Å². The highest BCUT2D eigenvalue weighted by Gasteiger charge is 2.32. The lowest BCUT2D eigenvalue weighted by atomic mass is 9.90. The summed E-state index contributed by atoms with van der Waals surface area (Å²) in [5.41, 5.74) is 8.28. The Morgan fingerprint density at radius 2 is 1.10 bits per heavy atom. The number of urea groups is 1. The van der Waals surface area contributed by atoms with Crippen LogP contribution in [0.3, 0.4) is 0 Å². The predicted molar refractivity (Wildman–Crippen MR) is 371 cm³/mol. The van der Waals surface area contributed by atoms with Crippen molar-refractivity contribution in [3.8, 4) is 11.5 Å². The van der Waals surface area contributed by atoms with Crippen LogP contribution in [0.4, 0.5) is 4.79 Å². The number of nitrogens with two attached hydrogens (primary N) is 1. The number of unbranched alkanes of at least 4 members (excludes halogenated alkanes) is 1. The summed E-state index contributed by atoms with van der Waals surface area (Å²) in [6.07, 6.45) is -6.24.